The normalized spacial score (nSPS) is 14.1. The van der Waals surface area contributed by atoms with Crippen LogP contribution < -0.4 is 5.56 Å². The molecule has 1 amide bonds. The first-order valence-electron chi connectivity index (χ1n) is 10.2. The molecule has 4 rings (SSSR count). The number of aromatic nitrogens is 2. The Morgan fingerprint density at radius 1 is 1.16 bits per heavy atom. The van der Waals surface area contributed by atoms with Crippen molar-refractivity contribution in [2.24, 2.45) is 0 Å². The number of halogens is 3. The van der Waals surface area contributed by atoms with Crippen molar-refractivity contribution in [3.05, 3.63) is 75.2 Å². The third kappa shape index (κ3) is 4.19. The van der Waals surface area contributed by atoms with Crippen molar-refractivity contribution in [1.29, 1.82) is 0 Å². The molecule has 0 radical (unpaired) electrons. The smallest absolute Gasteiger partial charge is 0.331 e. The fraction of sp³-hybridized carbons (Fsp3) is 0.348. The summed E-state index contributed by atoms with van der Waals surface area (Å²) in [5.74, 6) is -0.196. The second kappa shape index (κ2) is 7.83. The van der Waals surface area contributed by atoms with E-state index in [2.05, 4.69) is 4.98 Å². The average molecular weight is 429 g/mol. The van der Waals surface area contributed by atoms with E-state index in [9.17, 15) is 22.8 Å². The Morgan fingerprint density at radius 3 is 2.42 bits per heavy atom. The van der Waals surface area contributed by atoms with Crippen LogP contribution in [0.4, 0.5) is 13.2 Å². The van der Waals surface area contributed by atoms with E-state index >= 15 is 0 Å². The molecule has 1 saturated carbocycles. The van der Waals surface area contributed by atoms with Crippen LogP contribution in [-0.2, 0) is 19.3 Å². The van der Waals surface area contributed by atoms with E-state index in [0.717, 1.165) is 25.0 Å². The third-order valence-electron chi connectivity index (χ3n) is 5.55. The molecule has 0 saturated heterocycles. The average Bonchev–Trinajstić information content (AvgIpc) is 3.57. The molecule has 2 aromatic carbocycles. The van der Waals surface area contributed by atoms with Crippen LogP contribution in [0.1, 0.15) is 46.9 Å². The number of aryl methyl sites for hydroxylation is 2. The van der Waals surface area contributed by atoms with Gasteiger partial charge in [-0.15, -0.1) is 0 Å². The number of hydrogen-bond acceptors (Lipinski definition) is 3. The van der Waals surface area contributed by atoms with Crippen molar-refractivity contribution in [2.75, 3.05) is 0 Å². The summed E-state index contributed by atoms with van der Waals surface area (Å²) >= 11 is 0. The highest BCUT2D eigenvalue weighted by Crippen LogP contribution is 2.32. The zero-order chi connectivity index (χ0) is 22.3. The van der Waals surface area contributed by atoms with E-state index in [1.807, 2.05) is 6.92 Å². The van der Waals surface area contributed by atoms with Gasteiger partial charge in [-0.25, -0.2) is 4.98 Å². The summed E-state index contributed by atoms with van der Waals surface area (Å²) in [5.41, 5.74) is 1.81. The minimum Gasteiger partial charge on any atom is -0.331 e. The van der Waals surface area contributed by atoms with Gasteiger partial charge in [-0.3, -0.25) is 9.59 Å². The Labute approximate surface area is 177 Å². The van der Waals surface area contributed by atoms with Crippen LogP contribution in [0.3, 0.4) is 0 Å². The first-order valence-corrected chi connectivity index (χ1v) is 10.2. The van der Waals surface area contributed by atoms with Crippen molar-refractivity contribution in [3.63, 3.8) is 0 Å². The number of amides is 1. The molecule has 1 aliphatic rings. The summed E-state index contributed by atoms with van der Waals surface area (Å²) in [4.78, 5) is 31.6. The van der Waals surface area contributed by atoms with E-state index in [1.165, 1.54) is 12.1 Å². The predicted octanol–water partition coefficient (Wildman–Crippen LogP) is 4.55. The lowest BCUT2D eigenvalue weighted by molar-refractivity contribution is -0.137. The van der Waals surface area contributed by atoms with Gasteiger partial charge in [-0.05, 0) is 62.6 Å². The Balaban J connectivity index is 1.64. The fourth-order valence-electron chi connectivity index (χ4n) is 3.74. The lowest BCUT2D eigenvalue weighted by atomic mass is 10.1. The van der Waals surface area contributed by atoms with Gasteiger partial charge in [0.2, 0.25) is 0 Å². The predicted molar refractivity (Wildman–Crippen MR) is 111 cm³/mol. The zero-order valence-corrected chi connectivity index (χ0v) is 17.2. The monoisotopic (exact) mass is 429 g/mol. The van der Waals surface area contributed by atoms with Crippen LogP contribution in [0.25, 0.3) is 11.0 Å². The van der Waals surface area contributed by atoms with Crippen LogP contribution in [-0.4, -0.2) is 26.4 Å². The lowest BCUT2D eigenvalue weighted by Crippen LogP contribution is -2.32. The topological polar surface area (TPSA) is 55.2 Å². The maximum Gasteiger partial charge on any atom is 0.416 e. The molecule has 8 heteroatoms. The van der Waals surface area contributed by atoms with E-state index < -0.39 is 11.7 Å². The maximum absolute atomic E-state index is 13.3. The van der Waals surface area contributed by atoms with Crippen LogP contribution in [0.2, 0.25) is 0 Å². The molecule has 0 atom stereocenters. The van der Waals surface area contributed by atoms with E-state index in [-0.39, 0.29) is 24.1 Å². The molecule has 1 aromatic heterocycles. The molecule has 162 valence electrons. The first-order chi connectivity index (χ1) is 14.7. The molecule has 1 heterocycles. The van der Waals surface area contributed by atoms with Crippen LogP contribution in [0.5, 0.6) is 0 Å². The summed E-state index contributed by atoms with van der Waals surface area (Å²) in [6.45, 7) is 4.25. The van der Waals surface area contributed by atoms with Gasteiger partial charge in [0.15, 0.2) is 0 Å². The van der Waals surface area contributed by atoms with E-state index in [0.29, 0.717) is 34.4 Å². The number of nitrogens with zero attached hydrogens (tertiary/aromatic N) is 3. The van der Waals surface area contributed by atoms with E-state index in [1.54, 1.807) is 34.6 Å². The van der Waals surface area contributed by atoms with Gasteiger partial charge in [0.1, 0.15) is 5.69 Å². The molecule has 0 spiro atoms. The molecular weight excluding hydrogens is 407 g/mol. The number of alkyl halides is 3. The number of fused-ring (bicyclic) bond motifs is 1. The van der Waals surface area contributed by atoms with Gasteiger partial charge in [0, 0.05) is 24.7 Å². The largest absolute Gasteiger partial charge is 0.416 e. The Hall–Kier alpha value is -3.16. The van der Waals surface area contributed by atoms with Gasteiger partial charge in [-0.2, -0.15) is 13.2 Å². The highest BCUT2D eigenvalue weighted by atomic mass is 19.4. The van der Waals surface area contributed by atoms with E-state index in [4.69, 9.17) is 0 Å². The molecule has 1 fully saturated rings. The van der Waals surface area contributed by atoms with Gasteiger partial charge in [-0.1, -0.05) is 12.1 Å². The summed E-state index contributed by atoms with van der Waals surface area (Å²) in [6.07, 6.45) is -2.65. The SMILES string of the molecule is CCn1c(=O)c(C)nc2cc(C(=O)N(Cc3ccc(C(F)(F)F)cc3)C3CC3)ccc21. The fourth-order valence-corrected chi connectivity index (χ4v) is 3.74. The Morgan fingerprint density at radius 2 is 1.84 bits per heavy atom. The molecule has 0 unspecified atom stereocenters. The van der Waals surface area contributed by atoms with Gasteiger partial charge < -0.3 is 9.47 Å². The van der Waals surface area contributed by atoms with Gasteiger partial charge in [0.25, 0.3) is 11.5 Å². The van der Waals surface area contributed by atoms with Crippen molar-refractivity contribution in [3.8, 4) is 0 Å². The van der Waals surface area contributed by atoms with Crippen LogP contribution in [0.15, 0.2) is 47.3 Å². The first kappa shape index (κ1) is 21.1. The van der Waals surface area contributed by atoms with Crippen molar-refractivity contribution in [2.45, 2.75) is 52.0 Å². The van der Waals surface area contributed by atoms with Crippen molar-refractivity contribution >= 4 is 16.9 Å². The number of rotatable bonds is 5. The zero-order valence-electron chi connectivity index (χ0n) is 17.2. The molecule has 31 heavy (non-hydrogen) atoms. The summed E-state index contributed by atoms with van der Waals surface area (Å²) in [7, 11) is 0. The van der Waals surface area contributed by atoms with Crippen LogP contribution >= 0.6 is 0 Å². The molecule has 0 N–H and O–H groups in total. The number of carbonyl (C=O) groups is 1. The van der Waals surface area contributed by atoms with Crippen LogP contribution in [0, 0.1) is 6.92 Å². The second-order valence-electron chi connectivity index (χ2n) is 7.81. The molecule has 5 nitrogen and oxygen atoms in total. The standard InChI is InChI=1S/C23H22F3N3O2/c1-3-28-20-11-6-16(12-19(20)27-14(2)21(28)30)22(31)29(18-9-10-18)13-15-4-7-17(8-5-15)23(24,25)26/h4-8,11-12,18H,3,9-10,13H2,1-2H3. The van der Waals surface area contributed by atoms with Crippen molar-refractivity contribution < 1.29 is 18.0 Å². The second-order valence-corrected chi connectivity index (χ2v) is 7.81. The minimum absolute atomic E-state index is 0.0739. The highest BCUT2D eigenvalue weighted by Gasteiger charge is 2.34. The Bertz CT molecular complexity index is 1200. The lowest BCUT2D eigenvalue weighted by Gasteiger charge is -2.23. The number of carbonyl (C=O) groups excluding carboxylic acids is 1. The minimum atomic E-state index is -4.39. The Kier molecular flexibility index (Phi) is 5.33. The molecule has 3 aromatic rings. The third-order valence-corrected chi connectivity index (χ3v) is 5.55. The number of hydrogen-bond donors (Lipinski definition) is 0. The maximum atomic E-state index is 13.3. The molecule has 0 bridgehead atoms. The quantitative estimate of drug-likeness (QED) is 0.598. The summed E-state index contributed by atoms with van der Waals surface area (Å²) in [6, 6.07) is 10.1. The van der Waals surface area contributed by atoms with Gasteiger partial charge >= 0.3 is 6.18 Å². The molecule has 1 aliphatic carbocycles. The van der Waals surface area contributed by atoms with Gasteiger partial charge in [0.05, 0.1) is 16.6 Å². The molecular formula is C23H22F3N3O2. The van der Waals surface area contributed by atoms with Crippen molar-refractivity contribution in [1.82, 2.24) is 14.5 Å². The highest BCUT2D eigenvalue weighted by molar-refractivity contribution is 5.97. The summed E-state index contributed by atoms with van der Waals surface area (Å²) in [5, 5.41) is 0. The molecule has 0 aliphatic heterocycles. The summed E-state index contributed by atoms with van der Waals surface area (Å²) < 4.78 is 40.1. The number of benzene rings is 2.